The molecule has 2 N–H and O–H groups in total. The fourth-order valence-corrected chi connectivity index (χ4v) is 6.76. The van der Waals surface area contributed by atoms with Crippen molar-refractivity contribution in [2.45, 2.75) is 31.8 Å². The lowest BCUT2D eigenvalue weighted by atomic mass is 9.83. The van der Waals surface area contributed by atoms with Crippen molar-refractivity contribution in [2.75, 3.05) is 23.3 Å². The summed E-state index contributed by atoms with van der Waals surface area (Å²) in [6.45, 7) is 2.40. The normalized spacial score (nSPS) is 17.6. The molecule has 2 aliphatic rings. The van der Waals surface area contributed by atoms with Crippen molar-refractivity contribution in [2.24, 2.45) is 5.92 Å². The van der Waals surface area contributed by atoms with Gasteiger partial charge in [0, 0.05) is 58.3 Å². The quantitative estimate of drug-likeness (QED) is 0.300. The molecule has 0 radical (unpaired) electrons. The van der Waals surface area contributed by atoms with Crippen molar-refractivity contribution in [3.8, 4) is 0 Å². The molecule has 0 aliphatic carbocycles. The zero-order chi connectivity index (χ0) is 28.5. The number of fused-ring (bicyclic) bond motifs is 4. The Labute approximate surface area is 245 Å². The van der Waals surface area contributed by atoms with E-state index in [0.717, 1.165) is 22.7 Å². The Kier molecular flexibility index (Phi) is 7.64. The van der Waals surface area contributed by atoms with Gasteiger partial charge < -0.3 is 20.1 Å². The molecule has 210 valence electrons. The Bertz CT molecular complexity index is 1650. The first-order valence-corrected chi connectivity index (χ1v) is 14.7. The monoisotopic (exact) mass is 590 g/mol. The Hall–Kier alpha value is -3.95. The summed E-state index contributed by atoms with van der Waals surface area (Å²) in [7, 11) is 0. The minimum atomic E-state index is -0.549. The summed E-state index contributed by atoms with van der Waals surface area (Å²) in [4.78, 5) is 41.9. The third kappa shape index (κ3) is 5.78. The number of aromatic nitrogens is 1. The molecular weight excluding hydrogens is 563 g/mol. The number of pyridine rings is 1. The highest BCUT2D eigenvalue weighted by Crippen LogP contribution is 2.39. The second-order valence-corrected chi connectivity index (χ2v) is 12.0. The van der Waals surface area contributed by atoms with E-state index in [1.165, 1.54) is 12.1 Å². The summed E-state index contributed by atoms with van der Waals surface area (Å²) in [6.07, 6.45) is 0.734. The number of anilines is 2. The molecule has 0 unspecified atom stereocenters. The van der Waals surface area contributed by atoms with Gasteiger partial charge >= 0.3 is 0 Å². The van der Waals surface area contributed by atoms with Gasteiger partial charge in [-0.1, -0.05) is 29.8 Å². The van der Waals surface area contributed by atoms with Gasteiger partial charge in [0.25, 0.3) is 11.5 Å². The number of nitrogens with zero attached hydrogens (tertiary/aromatic N) is 2. The van der Waals surface area contributed by atoms with Crippen molar-refractivity contribution in [3.05, 3.63) is 115 Å². The Morgan fingerprint density at radius 3 is 2.68 bits per heavy atom. The highest BCUT2D eigenvalue weighted by molar-refractivity contribution is 7.09. The van der Waals surface area contributed by atoms with Gasteiger partial charge in [0.05, 0.1) is 24.3 Å². The third-order valence-corrected chi connectivity index (χ3v) is 8.99. The molecule has 6 rings (SSSR count). The molecule has 2 bridgehead atoms. The van der Waals surface area contributed by atoms with E-state index in [1.54, 1.807) is 41.7 Å². The Morgan fingerprint density at radius 2 is 1.88 bits per heavy atom. The van der Waals surface area contributed by atoms with Gasteiger partial charge in [-0.25, -0.2) is 4.39 Å². The highest BCUT2D eigenvalue weighted by atomic mass is 35.5. The molecule has 4 aromatic rings. The zero-order valence-electron chi connectivity index (χ0n) is 22.1. The zero-order valence-corrected chi connectivity index (χ0v) is 23.7. The van der Waals surface area contributed by atoms with Gasteiger partial charge in [-0.15, -0.1) is 11.3 Å². The van der Waals surface area contributed by atoms with E-state index in [2.05, 4.69) is 15.5 Å². The standard InChI is InChI=1S/C31H28ClFN4O3S/c32-24-5-1-6-25(33)23(24)14-29(38)35-26-13-20(31(40)34-15-22-4-3-11-41-22)9-10-28(26)36-16-19-12-21(18-36)27-7-2-8-30(39)37(27)17-19/h1-11,13,19,21H,12,14-18H2,(H,34,40)(H,35,38)/t19-,21+/m1/s1. The summed E-state index contributed by atoms with van der Waals surface area (Å²) in [5, 5.41) is 7.99. The maximum absolute atomic E-state index is 14.4. The van der Waals surface area contributed by atoms with Gasteiger partial charge in [0.15, 0.2) is 0 Å². The van der Waals surface area contributed by atoms with Gasteiger partial charge in [-0.3, -0.25) is 14.4 Å². The summed E-state index contributed by atoms with van der Waals surface area (Å²) in [6, 6.07) is 18.9. The number of carbonyl (C=O) groups is 2. The van der Waals surface area contributed by atoms with Crippen LogP contribution in [-0.2, 0) is 24.3 Å². The van der Waals surface area contributed by atoms with Crippen molar-refractivity contribution in [3.63, 3.8) is 0 Å². The number of hydrogen-bond acceptors (Lipinski definition) is 5. The molecule has 1 fully saturated rings. The van der Waals surface area contributed by atoms with Crippen LogP contribution >= 0.6 is 22.9 Å². The summed E-state index contributed by atoms with van der Waals surface area (Å²) in [5.41, 5.74) is 2.79. The molecule has 4 heterocycles. The van der Waals surface area contributed by atoms with Crippen LogP contribution in [0.25, 0.3) is 0 Å². The lowest BCUT2D eigenvalue weighted by Crippen LogP contribution is -2.47. The minimum absolute atomic E-state index is 0.0170. The molecule has 2 atom stereocenters. The average molecular weight is 591 g/mol. The number of halogens is 2. The fraction of sp³-hybridized carbons (Fsp3) is 0.258. The molecule has 1 saturated heterocycles. The number of thiophene rings is 1. The van der Waals surface area contributed by atoms with Crippen molar-refractivity contribution in [1.82, 2.24) is 9.88 Å². The average Bonchev–Trinajstić information content (AvgIpc) is 3.48. The maximum Gasteiger partial charge on any atom is 0.251 e. The van der Waals surface area contributed by atoms with E-state index in [0.29, 0.717) is 37.4 Å². The minimum Gasteiger partial charge on any atom is -0.369 e. The number of piperidine rings is 1. The first-order valence-electron chi connectivity index (χ1n) is 13.5. The van der Waals surface area contributed by atoms with Crippen molar-refractivity contribution in [1.29, 1.82) is 0 Å². The van der Waals surface area contributed by atoms with Crippen LogP contribution in [0.1, 0.15) is 38.8 Å². The lowest BCUT2D eigenvalue weighted by molar-refractivity contribution is -0.115. The van der Waals surface area contributed by atoms with E-state index < -0.39 is 11.7 Å². The topological polar surface area (TPSA) is 83.4 Å². The number of hydrogen-bond donors (Lipinski definition) is 2. The van der Waals surface area contributed by atoms with Crippen molar-refractivity contribution < 1.29 is 14.0 Å². The summed E-state index contributed by atoms with van der Waals surface area (Å²) >= 11 is 7.73. The van der Waals surface area contributed by atoms with E-state index in [9.17, 15) is 18.8 Å². The van der Waals surface area contributed by atoms with E-state index >= 15 is 0 Å². The molecule has 2 aliphatic heterocycles. The number of nitrogens with one attached hydrogen (secondary N) is 2. The Balaban J connectivity index is 1.29. The molecule has 0 saturated carbocycles. The third-order valence-electron chi connectivity index (χ3n) is 7.76. The van der Waals surface area contributed by atoms with Crippen LogP contribution in [0.5, 0.6) is 0 Å². The number of rotatable bonds is 7. The molecule has 0 spiro atoms. The molecule has 2 amide bonds. The van der Waals surface area contributed by atoms with Gasteiger partial charge in [-0.2, -0.15) is 0 Å². The Morgan fingerprint density at radius 1 is 1.02 bits per heavy atom. The van der Waals surface area contributed by atoms with Crippen LogP contribution in [-0.4, -0.2) is 29.5 Å². The van der Waals surface area contributed by atoms with Gasteiger partial charge in [-0.05, 0) is 60.2 Å². The summed E-state index contributed by atoms with van der Waals surface area (Å²) in [5.74, 6) is -0.834. The van der Waals surface area contributed by atoms with Crippen LogP contribution in [0.3, 0.4) is 0 Å². The second kappa shape index (κ2) is 11.5. The summed E-state index contributed by atoms with van der Waals surface area (Å²) < 4.78 is 16.3. The predicted molar refractivity (Wildman–Crippen MR) is 159 cm³/mol. The highest BCUT2D eigenvalue weighted by Gasteiger charge is 2.35. The molecule has 10 heteroatoms. The van der Waals surface area contributed by atoms with Crippen LogP contribution in [0.15, 0.2) is 76.9 Å². The number of amides is 2. The number of benzene rings is 2. The lowest BCUT2D eigenvalue weighted by Gasteiger charge is -2.44. The van der Waals surface area contributed by atoms with Crippen LogP contribution in [0, 0.1) is 11.7 Å². The van der Waals surface area contributed by atoms with Crippen LogP contribution in [0.4, 0.5) is 15.8 Å². The second-order valence-electron chi connectivity index (χ2n) is 10.5. The van der Waals surface area contributed by atoms with Crippen LogP contribution < -0.4 is 21.1 Å². The SMILES string of the molecule is O=C(Cc1c(F)cccc1Cl)Nc1cc(C(=O)NCc2cccs2)ccc1N1C[C@H]2C[C@@H](C1)c1cccc(=O)n1C2. The molecule has 41 heavy (non-hydrogen) atoms. The fourth-order valence-electron chi connectivity index (χ4n) is 5.89. The van der Waals surface area contributed by atoms with Gasteiger partial charge in [0.2, 0.25) is 5.91 Å². The van der Waals surface area contributed by atoms with Gasteiger partial charge in [0.1, 0.15) is 5.82 Å². The smallest absolute Gasteiger partial charge is 0.251 e. The molecular formula is C31H28ClFN4O3S. The largest absolute Gasteiger partial charge is 0.369 e. The van der Waals surface area contributed by atoms with E-state index in [1.807, 2.05) is 34.2 Å². The first kappa shape index (κ1) is 27.2. The van der Waals surface area contributed by atoms with E-state index in [-0.39, 0.29) is 40.3 Å². The predicted octanol–water partition coefficient (Wildman–Crippen LogP) is 5.44. The molecule has 2 aromatic heterocycles. The molecule has 2 aromatic carbocycles. The van der Waals surface area contributed by atoms with Crippen LogP contribution in [0.2, 0.25) is 5.02 Å². The molecule has 7 nitrogen and oxygen atoms in total. The van der Waals surface area contributed by atoms with E-state index in [4.69, 9.17) is 11.6 Å². The van der Waals surface area contributed by atoms with Crippen molar-refractivity contribution >= 4 is 46.1 Å². The number of carbonyl (C=O) groups excluding carboxylic acids is 2. The maximum atomic E-state index is 14.4. The first-order chi connectivity index (χ1) is 19.9.